The Labute approximate surface area is 83.1 Å². The highest BCUT2D eigenvalue weighted by atomic mass is 79.9. The van der Waals surface area contributed by atoms with Gasteiger partial charge >= 0.3 is 6.61 Å². The number of benzene rings is 1. The second kappa shape index (κ2) is 4.37. The maximum Gasteiger partial charge on any atom is 0.387 e. The van der Waals surface area contributed by atoms with Crippen molar-refractivity contribution in [1.82, 2.24) is 0 Å². The predicted octanol–water partition coefficient (Wildman–Crippen LogP) is 3.39. The molecule has 0 aliphatic rings. The van der Waals surface area contributed by atoms with Crippen LogP contribution in [0, 0.1) is 6.08 Å². The van der Waals surface area contributed by atoms with Crippen LogP contribution in [-0.4, -0.2) is 6.61 Å². The molecule has 0 amide bonds. The van der Waals surface area contributed by atoms with E-state index in [0.717, 1.165) is 0 Å². The molecule has 0 atom stereocenters. The van der Waals surface area contributed by atoms with Crippen LogP contribution in [0.2, 0.25) is 0 Å². The van der Waals surface area contributed by atoms with Gasteiger partial charge in [0.15, 0.2) is 0 Å². The highest BCUT2D eigenvalue weighted by Gasteiger charge is 2.05. The molecular formula is C9H6BrF2O. The van der Waals surface area contributed by atoms with Crippen LogP contribution in [0.15, 0.2) is 29.3 Å². The van der Waals surface area contributed by atoms with E-state index in [1.165, 1.54) is 12.1 Å². The summed E-state index contributed by atoms with van der Waals surface area (Å²) in [6, 6.07) is 4.59. The van der Waals surface area contributed by atoms with Crippen molar-refractivity contribution >= 4 is 15.9 Å². The van der Waals surface area contributed by atoms with Gasteiger partial charge in [-0.05, 0) is 29.8 Å². The summed E-state index contributed by atoms with van der Waals surface area (Å²) in [6.07, 6.45) is 2.58. The van der Waals surface area contributed by atoms with Gasteiger partial charge in [-0.3, -0.25) is 0 Å². The standard InChI is InChI=1S/C9H6BrF2O/c1-2-6-3-7(10)5-8(4-6)13-9(11)12/h3-5,9H,1H2. The van der Waals surface area contributed by atoms with Gasteiger partial charge in [-0.1, -0.05) is 22.5 Å². The molecule has 0 heterocycles. The van der Waals surface area contributed by atoms with Crippen LogP contribution in [-0.2, 0) is 0 Å². The van der Waals surface area contributed by atoms with Gasteiger partial charge in [0.25, 0.3) is 0 Å². The lowest BCUT2D eigenvalue weighted by molar-refractivity contribution is -0.0498. The number of alkyl halides is 2. The van der Waals surface area contributed by atoms with Crippen LogP contribution in [0.4, 0.5) is 8.78 Å². The number of hydrogen-bond donors (Lipinski definition) is 0. The molecule has 1 aromatic carbocycles. The Morgan fingerprint density at radius 2 is 2.08 bits per heavy atom. The van der Waals surface area contributed by atoms with E-state index in [4.69, 9.17) is 0 Å². The van der Waals surface area contributed by atoms with E-state index in [1.54, 1.807) is 6.07 Å². The third kappa shape index (κ3) is 3.14. The van der Waals surface area contributed by atoms with Crippen LogP contribution in [0.1, 0.15) is 5.56 Å². The summed E-state index contributed by atoms with van der Waals surface area (Å²) >= 11 is 3.15. The summed E-state index contributed by atoms with van der Waals surface area (Å²) in [5.41, 5.74) is 0.602. The first-order chi connectivity index (χ1) is 6.11. The zero-order chi connectivity index (χ0) is 9.84. The lowest BCUT2D eigenvalue weighted by atomic mass is 10.2. The highest BCUT2D eigenvalue weighted by Crippen LogP contribution is 2.22. The minimum absolute atomic E-state index is 0.0931. The number of halogens is 3. The first kappa shape index (κ1) is 10.2. The first-order valence-electron chi connectivity index (χ1n) is 3.40. The SMILES string of the molecule is C=[C]c1cc(Br)cc(OC(F)F)c1. The predicted molar refractivity (Wildman–Crippen MR) is 48.7 cm³/mol. The molecule has 4 heteroatoms. The Hall–Kier alpha value is -0.900. The van der Waals surface area contributed by atoms with Gasteiger partial charge in [0.2, 0.25) is 0 Å². The van der Waals surface area contributed by atoms with Gasteiger partial charge in [-0.2, -0.15) is 8.78 Å². The molecular weight excluding hydrogens is 242 g/mol. The zero-order valence-electron chi connectivity index (χ0n) is 6.56. The minimum Gasteiger partial charge on any atom is -0.435 e. The Balaban J connectivity index is 2.94. The Morgan fingerprint density at radius 1 is 1.38 bits per heavy atom. The lowest BCUT2D eigenvalue weighted by Gasteiger charge is -2.05. The monoisotopic (exact) mass is 247 g/mol. The van der Waals surface area contributed by atoms with E-state index in [1.807, 2.05) is 0 Å². The molecule has 0 aromatic heterocycles. The largest absolute Gasteiger partial charge is 0.435 e. The highest BCUT2D eigenvalue weighted by molar-refractivity contribution is 9.10. The zero-order valence-corrected chi connectivity index (χ0v) is 8.14. The minimum atomic E-state index is -2.81. The van der Waals surface area contributed by atoms with Gasteiger partial charge < -0.3 is 4.74 Å². The molecule has 0 saturated carbocycles. The molecule has 0 aliphatic carbocycles. The fraction of sp³-hybridized carbons (Fsp3) is 0.111. The third-order valence-electron chi connectivity index (χ3n) is 1.30. The summed E-state index contributed by atoms with van der Waals surface area (Å²) in [6.45, 7) is 0.590. The van der Waals surface area contributed by atoms with Gasteiger partial charge in [0.05, 0.1) is 0 Å². The summed E-state index contributed by atoms with van der Waals surface area (Å²) < 4.78 is 28.5. The molecule has 13 heavy (non-hydrogen) atoms. The molecule has 0 saturated heterocycles. The van der Waals surface area contributed by atoms with Crippen molar-refractivity contribution in [3.8, 4) is 5.75 Å². The molecule has 0 aliphatic heterocycles. The quantitative estimate of drug-likeness (QED) is 0.796. The van der Waals surface area contributed by atoms with Crippen LogP contribution < -0.4 is 4.74 Å². The fourth-order valence-corrected chi connectivity index (χ4v) is 1.31. The van der Waals surface area contributed by atoms with Crippen LogP contribution in [0.5, 0.6) is 5.75 Å². The van der Waals surface area contributed by atoms with Crippen molar-refractivity contribution in [2.24, 2.45) is 0 Å². The normalized spacial score (nSPS) is 10.2. The molecule has 0 spiro atoms. The summed E-state index contributed by atoms with van der Waals surface area (Å²) in [5, 5.41) is 0. The fourth-order valence-electron chi connectivity index (χ4n) is 0.836. The molecule has 1 nitrogen and oxygen atoms in total. The van der Waals surface area contributed by atoms with E-state index in [-0.39, 0.29) is 5.75 Å². The maximum absolute atomic E-state index is 11.8. The average Bonchev–Trinajstić information content (AvgIpc) is 2.01. The number of hydrogen-bond acceptors (Lipinski definition) is 1. The number of ether oxygens (including phenoxy) is 1. The van der Waals surface area contributed by atoms with E-state index < -0.39 is 6.61 Å². The maximum atomic E-state index is 11.8. The molecule has 1 aromatic rings. The van der Waals surface area contributed by atoms with Crippen molar-refractivity contribution in [3.05, 3.63) is 40.9 Å². The van der Waals surface area contributed by atoms with Crippen LogP contribution in [0.3, 0.4) is 0 Å². The lowest BCUT2D eigenvalue weighted by Crippen LogP contribution is -2.01. The Kier molecular flexibility index (Phi) is 3.42. The Morgan fingerprint density at radius 3 is 2.62 bits per heavy atom. The van der Waals surface area contributed by atoms with Crippen molar-refractivity contribution < 1.29 is 13.5 Å². The molecule has 0 bridgehead atoms. The second-order valence-corrected chi connectivity index (χ2v) is 3.15. The van der Waals surface area contributed by atoms with Crippen LogP contribution in [0.25, 0.3) is 0 Å². The molecule has 0 unspecified atom stereocenters. The Bertz CT molecular complexity index is 312. The smallest absolute Gasteiger partial charge is 0.387 e. The molecule has 1 rings (SSSR count). The van der Waals surface area contributed by atoms with Gasteiger partial charge in [-0.25, -0.2) is 0 Å². The van der Waals surface area contributed by atoms with Crippen molar-refractivity contribution in [2.45, 2.75) is 6.61 Å². The second-order valence-electron chi connectivity index (χ2n) is 2.23. The molecule has 69 valence electrons. The number of rotatable bonds is 3. The van der Waals surface area contributed by atoms with Crippen molar-refractivity contribution in [2.75, 3.05) is 0 Å². The van der Waals surface area contributed by atoms with Crippen molar-refractivity contribution in [3.63, 3.8) is 0 Å². The van der Waals surface area contributed by atoms with Crippen molar-refractivity contribution in [1.29, 1.82) is 0 Å². The van der Waals surface area contributed by atoms with Crippen LogP contribution >= 0.6 is 15.9 Å². The van der Waals surface area contributed by atoms with E-state index in [9.17, 15) is 8.78 Å². The third-order valence-corrected chi connectivity index (χ3v) is 1.76. The topological polar surface area (TPSA) is 9.23 Å². The molecule has 0 fully saturated rings. The summed E-state index contributed by atoms with van der Waals surface area (Å²) in [7, 11) is 0. The summed E-state index contributed by atoms with van der Waals surface area (Å²) in [5.74, 6) is 0.0931. The van der Waals surface area contributed by atoms with Gasteiger partial charge in [-0.15, -0.1) is 0 Å². The first-order valence-corrected chi connectivity index (χ1v) is 4.19. The molecule has 0 N–H and O–H groups in total. The van der Waals surface area contributed by atoms with E-state index >= 15 is 0 Å². The average molecular weight is 248 g/mol. The molecule has 1 radical (unpaired) electrons. The van der Waals surface area contributed by atoms with Gasteiger partial charge in [0.1, 0.15) is 5.75 Å². The van der Waals surface area contributed by atoms with E-state index in [2.05, 4.69) is 33.3 Å². The summed E-state index contributed by atoms with van der Waals surface area (Å²) in [4.78, 5) is 0. The van der Waals surface area contributed by atoms with E-state index in [0.29, 0.717) is 10.0 Å². The van der Waals surface area contributed by atoms with Gasteiger partial charge in [0, 0.05) is 4.47 Å².